The monoisotopic (exact) mass is 302 g/mol. The molecule has 1 fully saturated rings. The number of hydrogen-bond donors (Lipinski definition) is 0. The van der Waals surface area contributed by atoms with Gasteiger partial charge in [-0.3, -0.25) is 4.79 Å². The molecule has 0 spiro atoms. The maximum atomic E-state index is 12.9. The van der Waals surface area contributed by atoms with Gasteiger partial charge in [0.2, 0.25) is 0 Å². The zero-order valence-corrected chi connectivity index (χ0v) is 12.8. The first kappa shape index (κ1) is 14.3. The zero-order chi connectivity index (χ0) is 14.7. The number of amides is 1. The molecule has 4 heteroatoms. The van der Waals surface area contributed by atoms with Gasteiger partial charge in [-0.2, -0.15) is 0 Å². The molecule has 1 amide bonds. The first-order chi connectivity index (χ1) is 10.3. The third-order valence-electron chi connectivity index (χ3n) is 4.06. The summed E-state index contributed by atoms with van der Waals surface area (Å²) < 4.78 is 0. The number of carbonyl (C=O) groups is 1. The van der Waals surface area contributed by atoms with Crippen molar-refractivity contribution in [2.45, 2.75) is 32.1 Å². The normalized spacial score (nSPS) is 16.5. The number of hydrogen-bond acceptors (Lipinski definition) is 2. The molecule has 0 unspecified atom stereocenters. The topological polar surface area (TPSA) is 33.2 Å². The Morgan fingerprint density at radius 3 is 2.48 bits per heavy atom. The number of nitrogens with zero attached hydrogens (tertiary/aromatic N) is 2. The second-order valence-electron chi connectivity index (χ2n) is 5.57. The van der Waals surface area contributed by atoms with Crippen LogP contribution >= 0.6 is 11.6 Å². The van der Waals surface area contributed by atoms with E-state index in [1.165, 1.54) is 19.3 Å². The fourth-order valence-electron chi connectivity index (χ4n) is 2.94. The molecule has 1 aromatic heterocycles. The molecule has 0 saturated carbocycles. The number of aromatic nitrogens is 1. The van der Waals surface area contributed by atoms with E-state index in [1.807, 2.05) is 29.2 Å². The molecule has 2 aromatic rings. The highest BCUT2D eigenvalue weighted by Crippen LogP contribution is 2.23. The molecule has 2 heterocycles. The van der Waals surface area contributed by atoms with Crippen LogP contribution in [0.15, 0.2) is 30.3 Å². The summed E-state index contributed by atoms with van der Waals surface area (Å²) in [6.45, 7) is 1.68. The first-order valence-electron chi connectivity index (χ1n) is 7.60. The summed E-state index contributed by atoms with van der Waals surface area (Å²) in [7, 11) is 0. The van der Waals surface area contributed by atoms with Crippen molar-refractivity contribution in [3.8, 4) is 0 Å². The van der Waals surface area contributed by atoms with E-state index in [1.54, 1.807) is 6.07 Å². The molecular weight excluding hydrogens is 284 g/mol. The van der Waals surface area contributed by atoms with Crippen molar-refractivity contribution < 1.29 is 4.79 Å². The van der Waals surface area contributed by atoms with Crippen LogP contribution in [0, 0.1) is 0 Å². The van der Waals surface area contributed by atoms with Crippen LogP contribution in [0.1, 0.15) is 42.5 Å². The van der Waals surface area contributed by atoms with E-state index in [2.05, 4.69) is 4.98 Å². The lowest BCUT2D eigenvalue weighted by molar-refractivity contribution is 0.0744. The molecule has 0 radical (unpaired) electrons. The number of halogens is 1. The van der Waals surface area contributed by atoms with Crippen molar-refractivity contribution >= 4 is 28.4 Å². The fraction of sp³-hybridized carbons (Fsp3) is 0.412. The van der Waals surface area contributed by atoms with Crippen molar-refractivity contribution in [1.82, 2.24) is 9.88 Å². The Balaban J connectivity index is 1.96. The summed E-state index contributed by atoms with van der Waals surface area (Å²) in [5, 5.41) is 1.26. The van der Waals surface area contributed by atoms with E-state index in [0.717, 1.165) is 36.8 Å². The minimum absolute atomic E-state index is 0.0809. The predicted octanol–water partition coefficient (Wildman–Crippen LogP) is 4.29. The standard InChI is InChI=1S/C17H19ClN2O/c18-16-12-14(13-8-4-5-9-15(13)19-16)17(21)20-10-6-2-1-3-7-11-20/h4-5,8-9,12H,1-3,6-7,10-11H2. The van der Waals surface area contributed by atoms with Gasteiger partial charge in [-0.05, 0) is 25.0 Å². The van der Waals surface area contributed by atoms with Gasteiger partial charge in [-0.25, -0.2) is 4.98 Å². The molecule has 1 aliphatic heterocycles. The Bertz CT molecular complexity index is 648. The predicted molar refractivity (Wildman–Crippen MR) is 85.7 cm³/mol. The molecule has 0 atom stereocenters. The van der Waals surface area contributed by atoms with Gasteiger partial charge in [0, 0.05) is 18.5 Å². The Hall–Kier alpha value is -1.61. The highest BCUT2D eigenvalue weighted by Gasteiger charge is 2.19. The number of likely N-dealkylation sites (tertiary alicyclic amines) is 1. The summed E-state index contributed by atoms with van der Waals surface area (Å²) in [6, 6.07) is 9.38. The van der Waals surface area contributed by atoms with Crippen LogP contribution in [0.4, 0.5) is 0 Å². The van der Waals surface area contributed by atoms with Crippen LogP contribution in [0.25, 0.3) is 10.9 Å². The largest absolute Gasteiger partial charge is 0.339 e. The van der Waals surface area contributed by atoms with Gasteiger partial charge in [-0.15, -0.1) is 0 Å². The van der Waals surface area contributed by atoms with E-state index in [4.69, 9.17) is 11.6 Å². The highest BCUT2D eigenvalue weighted by atomic mass is 35.5. The number of carbonyl (C=O) groups excluding carboxylic acids is 1. The molecule has 21 heavy (non-hydrogen) atoms. The second kappa shape index (κ2) is 6.44. The smallest absolute Gasteiger partial charge is 0.254 e. The van der Waals surface area contributed by atoms with Gasteiger partial charge >= 0.3 is 0 Å². The summed E-state index contributed by atoms with van der Waals surface area (Å²) in [4.78, 5) is 19.1. The average Bonchev–Trinajstić information content (AvgIpc) is 2.45. The maximum Gasteiger partial charge on any atom is 0.254 e. The van der Waals surface area contributed by atoms with Crippen molar-refractivity contribution in [1.29, 1.82) is 0 Å². The Morgan fingerprint density at radius 2 is 1.71 bits per heavy atom. The minimum Gasteiger partial charge on any atom is -0.339 e. The number of benzene rings is 1. The van der Waals surface area contributed by atoms with Crippen molar-refractivity contribution in [2.75, 3.05) is 13.1 Å². The molecule has 3 nitrogen and oxygen atoms in total. The van der Waals surface area contributed by atoms with Gasteiger partial charge in [0.15, 0.2) is 0 Å². The summed E-state index contributed by atoms with van der Waals surface area (Å²) in [5.41, 5.74) is 1.45. The van der Waals surface area contributed by atoms with Gasteiger partial charge in [0.25, 0.3) is 5.91 Å². The molecule has 0 bridgehead atoms. The van der Waals surface area contributed by atoms with Crippen LogP contribution in [0.2, 0.25) is 5.15 Å². The van der Waals surface area contributed by atoms with Gasteiger partial charge in [0.05, 0.1) is 11.1 Å². The number of fused-ring (bicyclic) bond motifs is 1. The molecule has 3 rings (SSSR count). The van der Waals surface area contributed by atoms with E-state index in [0.29, 0.717) is 10.7 Å². The number of rotatable bonds is 1. The van der Waals surface area contributed by atoms with Crippen molar-refractivity contribution in [3.63, 3.8) is 0 Å². The zero-order valence-electron chi connectivity index (χ0n) is 12.0. The quantitative estimate of drug-likeness (QED) is 0.736. The average molecular weight is 303 g/mol. The van der Waals surface area contributed by atoms with Gasteiger partial charge in [-0.1, -0.05) is 49.1 Å². The molecular formula is C17H19ClN2O. The third-order valence-corrected chi connectivity index (χ3v) is 4.25. The maximum absolute atomic E-state index is 12.9. The highest BCUT2D eigenvalue weighted by molar-refractivity contribution is 6.30. The van der Waals surface area contributed by atoms with Crippen LogP contribution in [0.3, 0.4) is 0 Å². The SMILES string of the molecule is O=C(c1cc(Cl)nc2ccccc12)N1CCCCCCC1. The molecule has 0 aliphatic carbocycles. The Morgan fingerprint density at radius 1 is 1.05 bits per heavy atom. The lowest BCUT2D eigenvalue weighted by atomic mass is 10.1. The molecule has 1 aromatic carbocycles. The van der Waals surface area contributed by atoms with Crippen LogP contribution < -0.4 is 0 Å². The molecule has 1 saturated heterocycles. The van der Waals surface area contributed by atoms with Crippen LogP contribution in [-0.4, -0.2) is 28.9 Å². The lowest BCUT2D eigenvalue weighted by Gasteiger charge is -2.25. The Labute approximate surface area is 129 Å². The summed E-state index contributed by atoms with van der Waals surface area (Å²) in [6.07, 6.45) is 5.88. The lowest BCUT2D eigenvalue weighted by Crippen LogP contribution is -2.34. The van der Waals surface area contributed by atoms with Gasteiger partial charge in [0.1, 0.15) is 5.15 Å². The van der Waals surface area contributed by atoms with Gasteiger partial charge < -0.3 is 4.90 Å². The fourth-order valence-corrected chi connectivity index (χ4v) is 3.14. The summed E-state index contributed by atoms with van der Waals surface area (Å²) in [5.74, 6) is 0.0809. The number of pyridine rings is 1. The first-order valence-corrected chi connectivity index (χ1v) is 7.98. The van der Waals surface area contributed by atoms with Crippen LogP contribution in [-0.2, 0) is 0 Å². The number of para-hydroxylation sites is 1. The molecule has 0 N–H and O–H groups in total. The van der Waals surface area contributed by atoms with Crippen molar-refractivity contribution in [3.05, 3.63) is 41.0 Å². The summed E-state index contributed by atoms with van der Waals surface area (Å²) >= 11 is 6.08. The minimum atomic E-state index is 0.0809. The van der Waals surface area contributed by atoms with E-state index in [-0.39, 0.29) is 5.91 Å². The van der Waals surface area contributed by atoms with Crippen molar-refractivity contribution in [2.24, 2.45) is 0 Å². The molecule has 110 valence electrons. The second-order valence-corrected chi connectivity index (χ2v) is 5.96. The van der Waals surface area contributed by atoms with E-state index >= 15 is 0 Å². The Kier molecular flexibility index (Phi) is 4.39. The van der Waals surface area contributed by atoms with Crippen LogP contribution in [0.5, 0.6) is 0 Å². The molecule has 1 aliphatic rings. The van der Waals surface area contributed by atoms with E-state index < -0.39 is 0 Å². The third kappa shape index (κ3) is 3.18. The van der Waals surface area contributed by atoms with E-state index in [9.17, 15) is 4.79 Å².